The average molecular weight is 294 g/mol. The van der Waals surface area contributed by atoms with E-state index >= 15 is 0 Å². The molecule has 108 valence electrons. The van der Waals surface area contributed by atoms with E-state index in [4.69, 9.17) is 11.6 Å². The van der Waals surface area contributed by atoms with Crippen molar-refractivity contribution in [2.75, 3.05) is 31.6 Å². The zero-order chi connectivity index (χ0) is 14.1. The highest BCUT2D eigenvalue weighted by atomic mass is 35.5. The van der Waals surface area contributed by atoms with Crippen LogP contribution in [0.25, 0.3) is 0 Å². The van der Waals surface area contributed by atoms with E-state index in [1.807, 2.05) is 19.2 Å². The van der Waals surface area contributed by atoms with Gasteiger partial charge in [-0.15, -0.1) is 0 Å². The van der Waals surface area contributed by atoms with E-state index in [1.54, 1.807) is 4.90 Å². The standard InChI is InChI=1S/C15H20ClN3O/c1-18-6-7-19(10-15(18)20)14-5-2-11(8-13(14)16)9-17-12-3-4-12/h2,5,8,12,17H,3-4,6-7,9-10H2,1H3. The minimum Gasteiger partial charge on any atom is -0.359 e. The predicted octanol–water partition coefficient (Wildman–Crippen LogP) is 1.87. The minimum absolute atomic E-state index is 0.145. The van der Waals surface area contributed by atoms with Crippen molar-refractivity contribution in [1.29, 1.82) is 0 Å². The molecule has 1 aliphatic heterocycles. The van der Waals surface area contributed by atoms with Gasteiger partial charge in [-0.1, -0.05) is 17.7 Å². The molecule has 0 unspecified atom stereocenters. The van der Waals surface area contributed by atoms with E-state index < -0.39 is 0 Å². The quantitative estimate of drug-likeness (QED) is 0.920. The number of nitrogens with one attached hydrogen (secondary N) is 1. The Morgan fingerprint density at radius 1 is 1.35 bits per heavy atom. The molecular formula is C15H20ClN3O. The van der Waals surface area contributed by atoms with Crippen molar-refractivity contribution in [3.8, 4) is 0 Å². The van der Waals surface area contributed by atoms with Gasteiger partial charge in [0.2, 0.25) is 5.91 Å². The lowest BCUT2D eigenvalue weighted by atomic mass is 10.1. The van der Waals surface area contributed by atoms with Crippen molar-refractivity contribution in [1.82, 2.24) is 10.2 Å². The van der Waals surface area contributed by atoms with Crippen molar-refractivity contribution in [3.05, 3.63) is 28.8 Å². The molecule has 4 nitrogen and oxygen atoms in total. The SMILES string of the molecule is CN1CCN(c2ccc(CNC3CC3)cc2Cl)CC1=O. The Morgan fingerprint density at radius 2 is 2.15 bits per heavy atom. The fourth-order valence-corrected chi connectivity index (χ4v) is 2.75. The maximum Gasteiger partial charge on any atom is 0.241 e. The maximum absolute atomic E-state index is 11.8. The van der Waals surface area contributed by atoms with Crippen LogP contribution in [-0.4, -0.2) is 43.5 Å². The van der Waals surface area contributed by atoms with Gasteiger partial charge in [-0.25, -0.2) is 0 Å². The van der Waals surface area contributed by atoms with Crippen LogP contribution in [0.3, 0.4) is 0 Å². The second-order valence-electron chi connectivity index (χ2n) is 5.68. The molecule has 20 heavy (non-hydrogen) atoms. The first-order chi connectivity index (χ1) is 9.63. The molecule has 5 heteroatoms. The molecule has 1 heterocycles. The monoisotopic (exact) mass is 293 g/mol. The molecule has 3 rings (SSSR count). The lowest BCUT2D eigenvalue weighted by molar-refractivity contribution is -0.129. The van der Waals surface area contributed by atoms with Crippen molar-refractivity contribution in [3.63, 3.8) is 0 Å². The first kappa shape index (κ1) is 13.7. The third-order valence-corrected chi connectivity index (χ3v) is 4.28. The molecule has 0 spiro atoms. The molecule has 2 aliphatic rings. The highest BCUT2D eigenvalue weighted by molar-refractivity contribution is 6.33. The van der Waals surface area contributed by atoms with Crippen molar-refractivity contribution < 1.29 is 4.79 Å². The normalized spacial score (nSPS) is 19.6. The molecule has 1 amide bonds. The number of nitrogens with zero attached hydrogens (tertiary/aromatic N) is 2. The van der Waals surface area contributed by atoms with Crippen LogP contribution in [0.2, 0.25) is 5.02 Å². The van der Waals surface area contributed by atoms with Crippen LogP contribution < -0.4 is 10.2 Å². The maximum atomic E-state index is 11.8. The summed E-state index contributed by atoms with van der Waals surface area (Å²) in [6, 6.07) is 6.84. The molecule has 1 aromatic rings. The molecule has 1 aliphatic carbocycles. The van der Waals surface area contributed by atoms with E-state index in [0.717, 1.165) is 30.3 Å². The summed E-state index contributed by atoms with van der Waals surface area (Å²) >= 11 is 6.38. The van der Waals surface area contributed by atoms with Gasteiger partial charge in [-0.05, 0) is 30.5 Å². The Bertz CT molecular complexity index is 516. The first-order valence-electron chi connectivity index (χ1n) is 7.14. The Balaban J connectivity index is 1.68. The zero-order valence-corrected chi connectivity index (χ0v) is 12.5. The van der Waals surface area contributed by atoms with Gasteiger partial charge in [0, 0.05) is 32.7 Å². The van der Waals surface area contributed by atoms with Crippen LogP contribution in [0.5, 0.6) is 0 Å². The first-order valence-corrected chi connectivity index (χ1v) is 7.52. The molecule has 1 saturated carbocycles. The largest absolute Gasteiger partial charge is 0.359 e. The Labute approximate surface area is 124 Å². The number of benzene rings is 1. The topological polar surface area (TPSA) is 35.6 Å². The van der Waals surface area contributed by atoms with Gasteiger partial charge in [-0.3, -0.25) is 4.79 Å². The van der Waals surface area contributed by atoms with Crippen molar-refractivity contribution in [2.24, 2.45) is 0 Å². The van der Waals surface area contributed by atoms with Crippen molar-refractivity contribution >= 4 is 23.2 Å². The number of carbonyl (C=O) groups is 1. The molecule has 0 atom stereocenters. The Kier molecular flexibility index (Phi) is 3.85. The summed E-state index contributed by atoms with van der Waals surface area (Å²) in [5.41, 5.74) is 2.16. The lowest BCUT2D eigenvalue weighted by Gasteiger charge is -2.34. The number of hydrogen-bond donors (Lipinski definition) is 1. The number of amides is 1. The fraction of sp³-hybridized carbons (Fsp3) is 0.533. The second-order valence-corrected chi connectivity index (χ2v) is 6.08. The zero-order valence-electron chi connectivity index (χ0n) is 11.7. The summed E-state index contributed by atoms with van der Waals surface area (Å²) in [6.07, 6.45) is 2.57. The van der Waals surface area contributed by atoms with Gasteiger partial charge in [0.15, 0.2) is 0 Å². The molecule has 1 saturated heterocycles. The number of piperazine rings is 1. The van der Waals surface area contributed by atoms with Crippen LogP contribution in [0.4, 0.5) is 5.69 Å². The molecule has 1 N–H and O–H groups in total. The highest BCUT2D eigenvalue weighted by Gasteiger charge is 2.23. The van der Waals surface area contributed by atoms with Gasteiger partial charge in [0.1, 0.15) is 0 Å². The van der Waals surface area contributed by atoms with E-state index in [2.05, 4.69) is 16.3 Å². The molecule has 2 fully saturated rings. The smallest absolute Gasteiger partial charge is 0.241 e. The summed E-state index contributed by atoms with van der Waals surface area (Å²) in [7, 11) is 1.84. The summed E-state index contributed by atoms with van der Waals surface area (Å²) < 4.78 is 0. The second kappa shape index (κ2) is 5.62. The van der Waals surface area contributed by atoms with Crippen LogP contribution in [0, 0.1) is 0 Å². The fourth-order valence-electron chi connectivity index (χ4n) is 2.43. The summed E-state index contributed by atoms with van der Waals surface area (Å²) in [5, 5.41) is 4.21. The number of rotatable bonds is 4. The third-order valence-electron chi connectivity index (χ3n) is 3.98. The van der Waals surface area contributed by atoms with Gasteiger partial charge in [0.05, 0.1) is 17.3 Å². The van der Waals surface area contributed by atoms with E-state index in [-0.39, 0.29) is 5.91 Å². The summed E-state index contributed by atoms with van der Waals surface area (Å²) in [6.45, 7) is 2.87. The molecule has 0 bridgehead atoms. The van der Waals surface area contributed by atoms with E-state index in [9.17, 15) is 4.79 Å². The highest BCUT2D eigenvalue weighted by Crippen LogP contribution is 2.28. The number of carbonyl (C=O) groups excluding carboxylic acids is 1. The minimum atomic E-state index is 0.145. The van der Waals surface area contributed by atoms with Crippen LogP contribution in [0.1, 0.15) is 18.4 Å². The lowest BCUT2D eigenvalue weighted by Crippen LogP contribution is -2.48. The van der Waals surface area contributed by atoms with Crippen LogP contribution in [-0.2, 0) is 11.3 Å². The number of likely N-dealkylation sites (N-methyl/N-ethyl adjacent to an activating group) is 1. The summed E-state index contributed by atoms with van der Waals surface area (Å²) in [5.74, 6) is 0.145. The van der Waals surface area contributed by atoms with E-state index in [0.29, 0.717) is 12.6 Å². The van der Waals surface area contributed by atoms with Gasteiger partial charge < -0.3 is 15.1 Å². The number of hydrogen-bond acceptors (Lipinski definition) is 3. The molecule has 0 aromatic heterocycles. The van der Waals surface area contributed by atoms with Crippen molar-refractivity contribution in [2.45, 2.75) is 25.4 Å². The van der Waals surface area contributed by atoms with Crippen LogP contribution in [0.15, 0.2) is 18.2 Å². The molecule has 0 radical (unpaired) electrons. The van der Waals surface area contributed by atoms with E-state index in [1.165, 1.54) is 18.4 Å². The van der Waals surface area contributed by atoms with Crippen LogP contribution >= 0.6 is 11.6 Å². The molecule has 1 aromatic carbocycles. The average Bonchev–Trinajstić information content (AvgIpc) is 3.24. The Hall–Kier alpha value is -1.26. The number of halogens is 1. The van der Waals surface area contributed by atoms with Gasteiger partial charge >= 0.3 is 0 Å². The molecular weight excluding hydrogens is 274 g/mol. The Morgan fingerprint density at radius 3 is 2.80 bits per heavy atom. The number of anilines is 1. The van der Waals surface area contributed by atoms with Gasteiger partial charge in [0.25, 0.3) is 0 Å². The van der Waals surface area contributed by atoms with Gasteiger partial charge in [-0.2, -0.15) is 0 Å². The third kappa shape index (κ3) is 3.07. The summed E-state index contributed by atoms with van der Waals surface area (Å²) in [4.78, 5) is 15.6. The predicted molar refractivity (Wildman–Crippen MR) is 81.2 cm³/mol.